The third kappa shape index (κ3) is 5.31. The molecule has 196 valence electrons. The van der Waals surface area contributed by atoms with Crippen LogP contribution in [0.5, 0.6) is 11.5 Å². The van der Waals surface area contributed by atoms with E-state index in [2.05, 4.69) is 15.2 Å². The second-order valence-electron chi connectivity index (χ2n) is 9.74. The third-order valence-electron chi connectivity index (χ3n) is 6.88. The number of aromatic nitrogens is 3. The number of rotatable bonds is 6. The number of carbonyl (C=O) groups excluding carboxylic acids is 1. The Hall–Kier alpha value is -3.47. The summed E-state index contributed by atoms with van der Waals surface area (Å²) in [6.07, 6.45) is 0. The van der Waals surface area contributed by atoms with Crippen molar-refractivity contribution < 1.29 is 24.5 Å². The first-order chi connectivity index (χ1) is 17.9. The van der Waals surface area contributed by atoms with Crippen LogP contribution in [0.15, 0.2) is 36.4 Å². The summed E-state index contributed by atoms with van der Waals surface area (Å²) in [5, 5.41) is 29.7. The molecule has 2 fully saturated rings. The summed E-state index contributed by atoms with van der Waals surface area (Å²) in [6.45, 7) is 9.91. The van der Waals surface area contributed by atoms with Gasteiger partial charge in [-0.05, 0) is 23.1 Å². The molecule has 3 aromatic rings. The average Bonchev–Trinajstić information content (AvgIpc) is 3.34. The van der Waals surface area contributed by atoms with Crippen LogP contribution in [0.1, 0.15) is 41.4 Å². The monoisotopic (exact) mass is 507 g/mol. The second kappa shape index (κ2) is 10.9. The van der Waals surface area contributed by atoms with Gasteiger partial charge in [-0.3, -0.25) is 9.69 Å². The molecule has 3 heterocycles. The summed E-state index contributed by atoms with van der Waals surface area (Å²) in [5.74, 6) is -0.359. The van der Waals surface area contributed by atoms with Crippen LogP contribution in [0, 0.1) is 0 Å². The Morgan fingerprint density at radius 3 is 2.24 bits per heavy atom. The van der Waals surface area contributed by atoms with Crippen molar-refractivity contribution >= 4 is 5.91 Å². The number of phenols is 2. The van der Waals surface area contributed by atoms with Gasteiger partial charge in [0.2, 0.25) is 0 Å². The molecule has 2 N–H and O–H groups in total. The van der Waals surface area contributed by atoms with Gasteiger partial charge in [-0.1, -0.05) is 43.3 Å². The van der Waals surface area contributed by atoms with Crippen LogP contribution in [0.25, 0.3) is 16.9 Å². The minimum atomic E-state index is -0.232. The molecule has 37 heavy (non-hydrogen) atoms. The summed E-state index contributed by atoms with van der Waals surface area (Å²) in [6, 6.07) is 11.0. The number of amides is 1. The molecule has 0 radical (unpaired) electrons. The third-order valence-corrected chi connectivity index (χ3v) is 6.88. The standard InChI is InChI=1S/C27H33N5O5/c1-18(2)21-15-22(24(34)16-23(21)33)32-26(25(28-29-32)27(35)31-9-13-37-14-10-31)20-5-3-19(4-6-20)17-30-7-11-36-12-8-30/h3-6,15-16,18,33-34H,7-14,17H2,1-2H3. The van der Waals surface area contributed by atoms with Crippen LogP contribution in [0.3, 0.4) is 0 Å². The Morgan fingerprint density at radius 1 is 0.946 bits per heavy atom. The van der Waals surface area contributed by atoms with Gasteiger partial charge in [-0.15, -0.1) is 5.10 Å². The van der Waals surface area contributed by atoms with Gasteiger partial charge in [0, 0.05) is 44.4 Å². The molecule has 10 heteroatoms. The van der Waals surface area contributed by atoms with E-state index in [-0.39, 0.29) is 29.0 Å². The van der Waals surface area contributed by atoms with Crippen molar-refractivity contribution in [3.8, 4) is 28.4 Å². The highest BCUT2D eigenvalue weighted by Gasteiger charge is 2.28. The number of phenolic OH excluding ortho intramolecular Hbond substituents is 2. The highest BCUT2D eigenvalue weighted by atomic mass is 16.5. The SMILES string of the molecule is CC(C)c1cc(-n2nnc(C(=O)N3CCOCC3)c2-c2ccc(CN3CCOCC3)cc2)c(O)cc1O. The maximum atomic E-state index is 13.5. The Bertz CT molecular complexity index is 1240. The highest BCUT2D eigenvalue weighted by Crippen LogP contribution is 2.36. The van der Waals surface area contributed by atoms with E-state index in [0.29, 0.717) is 43.2 Å². The van der Waals surface area contributed by atoms with Gasteiger partial charge < -0.3 is 24.6 Å². The largest absolute Gasteiger partial charge is 0.508 e. The van der Waals surface area contributed by atoms with E-state index in [9.17, 15) is 15.0 Å². The first-order valence-electron chi connectivity index (χ1n) is 12.7. The van der Waals surface area contributed by atoms with Crippen LogP contribution in [0.4, 0.5) is 0 Å². The van der Waals surface area contributed by atoms with E-state index in [0.717, 1.165) is 44.0 Å². The van der Waals surface area contributed by atoms with Crippen LogP contribution in [0.2, 0.25) is 0 Å². The fourth-order valence-corrected chi connectivity index (χ4v) is 4.77. The summed E-state index contributed by atoms with van der Waals surface area (Å²) in [4.78, 5) is 17.6. The topological polar surface area (TPSA) is 113 Å². The first kappa shape index (κ1) is 25.2. The second-order valence-corrected chi connectivity index (χ2v) is 9.74. The maximum absolute atomic E-state index is 13.5. The number of morpholine rings is 2. The number of hydrogen-bond donors (Lipinski definition) is 2. The summed E-state index contributed by atoms with van der Waals surface area (Å²) >= 11 is 0. The van der Waals surface area contributed by atoms with E-state index < -0.39 is 0 Å². The predicted octanol–water partition coefficient (Wildman–Crippen LogP) is 2.77. The van der Waals surface area contributed by atoms with E-state index in [1.54, 1.807) is 11.0 Å². The quantitative estimate of drug-likeness (QED) is 0.524. The summed E-state index contributed by atoms with van der Waals surface area (Å²) in [5.41, 5.74) is 3.62. The van der Waals surface area contributed by atoms with Crippen LogP contribution in [-0.2, 0) is 16.0 Å². The minimum absolute atomic E-state index is 0.00926. The van der Waals surface area contributed by atoms with Crippen LogP contribution < -0.4 is 0 Å². The fraction of sp³-hybridized carbons (Fsp3) is 0.444. The zero-order valence-corrected chi connectivity index (χ0v) is 21.3. The van der Waals surface area contributed by atoms with E-state index in [1.807, 2.05) is 38.1 Å². The minimum Gasteiger partial charge on any atom is -0.508 e. The molecule has 1 aromatic heterocycles. The van der Waals surface area contributed by atoms with Crippen molar-refractivity contribution in [1.82, 2.24) is 24.8 Å². The van der Waals surface area contributed by atoms with Crippen molar-refractivity contribution in [2.45, 2.75) is 26.3 Å². The Morgan fingerprint density at radius 2 is 1.59 bits per heavy atom. The molecule has 0 saturated carbocycles. The normalized spacial score (nSPS) is 16.9. The van der Waals surface area contributed by atoms with Crippen molar-refractivity contribution in [2.75, 3.05) is 52.6 Å². The van der Waals surface area contributed by atoms with E-state index >= 15 is 0 Å². The molecule has 2 aliphatic rings. The predicted molar refractivity (Wildman–Crippen MR) is 137 cm³/mol. The number of aromatic hydroxyl groups is 2. The van der Waals surface area contributed by atoms with Gasteiger partial charge in [0.25, 0.3) is 5.91 Å². The first-order valence-corrected chi connectivity index (χ1v) is 12.7. The van der Waals surface area contributed by atoms with E-state index in [1.165, 1.54) is 10.7 Å². The number of carbonyl (C=O) groups is 1. The van der Waals surface area contributed by atoms with Crippen molar-refractivity contribution in [2.24, 2.45) is 0 Å². The maximum Gasteiger partial charge on any atom is 0.276 e. The molecule has 0 aliphatic carbocycles. The van der Waals surface area contributed by atoms with Gasteiger partial charge in [-0.25, -0.2) is 4.68 Å². The number of ether oxygens (including phenoxy) is 2. The van der Waals surface area contributed by atoms with Gasteiger partial charge in [-0.2, -0.15) is 0 Å². The fourth-order valence-electron chi connectivity index (χ4n) is 4.77. The van der Waals surface area contributed by atoms with Crippen LogP contribution >= 0.6 is 0 Å². The highest BCUT2D eigenvalue weighted by molar-refractivity contribution is 5.98. The zero-order chi connectivity index (χ0) is 25.9. The molecule has 10 nitrogen and oxygen atoms in total. The molecular weight excluding hydrogens is 474 g/mol. The number of nitrogens with zero attached hydrogens (tertiary/aromatic N) is 5. The molecule has 0 atom stereocenters. The lowest BCUT2D eigenvalue weighted by Crippen LogP contribution is -2.41. The Kier molecular flexibility index (Phi) is 7.40. The number of benzene rings is 2. The lowest BCUT2D eigenvalue weighted by atomic mass is 10.0. The zero-order valence-electron chi connectivity index (χ0n) is 21.3. The molecule has 5 rings (SSSR count). The molecule has 0 bridgehead atoms. The Balaban J connectivity index is 1.56. The Labute approximate surface area is 216 Å². The molecular formula is C27H33N5O5. The molecule has 1 amide bonds. The average molecular weight is 508 g/mol. The van der Waals surface area contributed by atoms with Crippen molar-refractivity contribution in [3.63, 3.8) is 0 Å². The molecule has 2 aliphatic heterocycles. The smallest absolute Gasteiger partial charge is 0.276 e. The summed E-state index contributed by atoms with van der Waals surface area (Å²) in [7, 11) is 0. The summed E-state index contributed by atoms with van der Waals surface area (Å²) < 4.78 is 12.3. The van der Waals surface area contributed by atoms with Gasteiger partial charge in [0.1, 0.15) is 22.9 Å². The van der Waals surface area contributed by atoms with Gasteiger partial charge in [0.15, 0.2) is 5.69 Å². The van der Waals surface area contributed by atoms with Crippen molar-refractivity contribution in [3.05, 3.63) is 53.2 Å². The lowest BCUT2D eigenvalue weighted by Gasteiger charge is -2.27. The molecule has 0 spiro atoms. The van der Waals surface area contributed by atoms with Crippen LogP contribution in [-0.4, -0.2) is 93.5 Å². The molecule has 2 saturated heterocycles. The number of hydrogen-bond acceptors (Lipinski definition) is 8. The van der Waals surface area contributed by atoms with Gasteiger partial charge in [0.05, 0.1) is 26.4 Å². The van der Waals surface area contributed by atoms with Gasteiger partial charge >= 0.3 is 0 Å². The molecule has 0 unspecified atom stereocenters. The van der Waals surface area contributed by atoms with Crippen molar-refractivity contribution in [1.29, 1.82) is 0 Å². The lowest BCUT2D eigenvalue weighted by molar-refractivity contribution is 0.0299. The molecule has 2 aromatic carbocycles. The van der Waals surface area contributed by atoms with E-state index in [4.69, 9.17) is 9.47 Å².